The average molecular weight is 411 g/mol. The lowest BCUT2D eigenvalue weighted by molar-refractivity contribution is 0.0724. The largest absolute Gasteiger partial charge is 0.497 e. The Labute approximate surface area is 179 Å². The molecule has 7 nitrogen and oxygen atoms in total. The number of amides is 1. The van der Waals surface area contributed by atoms with Crippen molar-refractivity contribution in [2.24, 2.45) is 0 Å². The molecule has 0 atom stereocenters. The van der Waals surface area contributed by atoms with Crippen molar-refractivity contribution in [2.45, 2.75) is 13.1 Å². The summed E-state index contributed by atoms with van der Waals surface area (Å²) in [5.41, 5.74) is 4.13. The van der Waals surface area contributed by atoms with Gasteiger partial charge in [-0.1, -0.05) is 18.2 Å². The maximum absolute atomic E-state index is 13.5. The zero-order chi connectivity index (χ0) is 21.2. The second-order valence-electron chi connectivity index (χ2n) is 7.25. The van der Waals surface area contributed by atoms with Gasteiger partial charge in [0.2, 0.25) is 0 Å². The number of aromatic nitrogens is 4. The van der Waals surface area contributed by atoms with Gasteiger partial charge in [0.05, 0.1) is 44.0 Å². The first-order valence-electron chi connectivity index (χ1n) is 9.98. The quantitative estimate of drug-likeness (QED) is 0.426. The molecule has 154 valence electrons. The fraction of sp³-hybridized carbons (Fsp3) is 0.125. The summed E-state index contributed by atoms with van der Waals surface area (Å²) in [6.07, 6.45) is 7.55. The number of imidazole rings is 2. The van der Waals surface area contributed by atoms with Crippen LogP contribution in [0.5, 0.6) is 5.75 Å². The van der Waals surface area contributed by atoms with E-state index in [2.05, 4.69) is 9.97 Å². The first-order valence-corrected chi connectivity index (χ1v) is 9.98. The van der Waals surface area contributed by atoms with Crippen LogP contribution in [0.4, 0.5) is 0 Å². The highest BCUT2D eigenvalue weighted by Crippen LogP contribution is 2.19. The number of methoxy groups -OCH3 is 1. The molecule has 4 heterocycles. The molecular formula is C24H21N5O2. The molecule has 0 radical (unpaired) electrons. The van der Waals surface area contributed by atoms with Crippen LogP contribution in [0.25, 0.3) is 11.3 Å². The normalized spacial score (nSPS) is 11.1. The Bertz CT molecular complexity index is 1290. The van der Waals surface area contributed by atoms with Gasteiger partial charge in [0.1, 0.15) is 17.0 Å². The zero-order valence-corrected chi connectivity index (χ0v) is 17.0. The fourth-order valence-electron chi connectivity index (χ4n) is 3.73. The van der Waals surface area contributed by atoms with Crippen molar-refractivity contribution in [2.75, 3.05) is 7.11 Å². The van der Waals surface area contributed by atoms with E-state index >= 15 is 0 Å². The summed E-state index contributed by atoms with van der Waals surface area (Å²) in [5, 5.41) is 0. The minimum Gasteiger partial charge on any atom is -0.497 e. The molecule has 4 aromatic heterocycles. The SMILES string of the molecule is COc1cccc(C(=O)N(Cc2cnc3ccccn23)Cc2cnc3ccccn23)c1. The third-order valence-electron chi connectivity index (χ3n) is 5.30. The molecule has 0 N–H and O–H groups in total. The van der Waals surface area contributed by atoms with Gasteiger partial charge in [-0.2, -0.15) is 0 Å². The first kappa shape index (κ1) is 18.9. The van der Waals surface area contributed by atoms with E-state index in [4.69, 9.17) is 4.74 Å². The van der Waals surface area contributed by atoms with Gasteiger partial charge in [-0.25, -0.2) is 9.97 Å². The van der Waals surface area contributed by atoms with Crippen molar-refractivity contribution >= 4 is 17.2 Å². The van der Waals surface area contributed by atoms with E-state index in [0.29, 0.717) is 24.4 Å². The number of hydrogen-bond acceptors (Lipinski definition) is 4. The van der Waals surface area contributed by atoms with E-state index in [1.807, 2.05) is 87.0 Å². The van der Waals surface area contributed by atoms with E-state index in [1.165, 1.54) is 0 Å². The molecule has 0 unspecified atom stereocenters. The minimum absolute atomic E-state index is 0.0873. The Balaban J connectivity index is 1.53. The first-order chi connectivity index (χ1) is 15.2. The third-order valence-corrected chi connectivity index (χ3v) is 5.30. The van der Waals surface area contributed by atoms with Crippen molar-refractivity contribution in [1.29, 1.82) is 0 Å². The monoisotopic (exact) mass is 411 g/mol. The standard InChI is InChI=1S/C24H21N5O2/c1-31-21-8-6-7-18(13-21)24(30)27(16-19-14-25-22-9-2-4-11-28(19)22)17-20-15-26-23-10-3-5-12-29(20)23/h2-15H,16-17H2,1H3. The Morgan fingerprint density at radius 2 is 1.48 bits per heavy atom. The van der Waals surface area contributed by atoms with E-state index < -0.39 is 0 Å². The molecular weight excluding hydrogens is 390 g/mol. The van der Waals surface area contributed by atoms with E-state index in [1.54, 1.807) is 19.2 Å². The van der Waals surface area contributed by atoms with Crippen LogP contribution in [0.15, 0.2) is 85.5 Å². The number of carbonyl (C=O) groups is 1. The second kappa shape index (κ2) is 7.95. The molecule has 0 aliphatic carbocycles. The molecule has 0 fully saturated rings. The smallest absolute Gasteiger partial charge is 0.254 e. The fourth-order valence-corrected chi connectivity index (χ4v) is 3.73. The van der Waals surface area contributed by atoms with Crippen molar-refractivity contribution in [3.8, 4) is 5.75 Å². The minimum atomic E-state index is -0.0873. The van der Waals surface area contributed by atoms with Gasteiger partial charge < -0.3 is 18.4 Å². The molecule has 31 heavy (non-hydrogen) atoms. The van der Waals surface area contributed by atoms with Gasteiger partial charge in [0, 0.05) is 18.0 Å². The van der Waals surface area contributed by atoms with Gasteiger partial charge in [0.25, 0.3) is 5.91 Å². The third kappa shape index (κ3) is 3.61. The Morgan fingerprint density at radius 1 is 0.871 bits per heavy atom. The van der Waals surface area contributed by atoms with Crippen LogP contribution < -0.4 is 4.74 Å². The number of ether oxygens (including phenoxy) is 1. The van der Waals surface area contributed by atoms with Crippen LogP contribution in [0.2, 0.25) is 0 Å². The maximum Gasteiger partial charge on any atom is 0.254 e. The molecule has 0 saturated heterocycles. The predicted octanol–water partition coefficient (Wildman–Crippen LogP) is 3.83. The lowest BCUT2D eigenvalue weighted by atomic mass is 10.1. The van der Waals surface area contributed by atoms with Crippen molar-refractivity contribution in [3.05, 3.63) is 102 Å². The van der Waals surface area contributed by atoms with E-state index in [9.17, 15) is 4.79 Å². The number of carbonyl (C=O) groups excluding carboxylic acids is 1. The van der Waals surface area contributed by atoms with Gasteiger partial charge in [-0.05, 0) is 42.5 Å². The molecule has 5 aromatic rings. The van der Waals surface area contributed by atoms with E-state index in [-0.39, 0.29) is 5.91 Å². The summed E-state index contributed by atoms with van der Waals surface area (Å²) in [6, 6.07) is 18.9. The number of benzene rings is 1. The number of pyridine rings is 2. The van der Waals surface area contributed by atoms with Crippen LogP contribution in [0, 0.1) is 0 Å². The predicted molar refractivity (Wildman–Crippen MR) is 117 cm³/mol. The lowest BCUT2D eigenvalue weighted by Crippen LogP contribution is -2.31. The van der Waals surface area contributed by atoms with Crippen molar-refractivity contribution < 1.29 is 9.53 Å². The van der Waals surface area contributed by atoms with Crippen LogP contribution in [0.1, 0.15) is 21.7 Å². The molecule has 5 rings (SSSR count). The zero-order valence-electron chi connectivity index (χ0n) is 17.0. The molecule has 1 aromatic carbocycles. The van der Waals surface area contributed by atoms with E-state index in [0.717, 1.165) is 22.7 Å². The summed E-state index contributed by atoms with van der Waals surface area (Å²) in [5.74, 6) is 0.561. The van der Waals surface area contributed by atoms with Crippen LogP contribution in [-0.4, -0.2) is 36.7 Å². The Morgan fingerprint density at radius 3 is 2.06 bits per heavy atom. The average Bonchev–Trinajstić information content (AvgIpc) is 3.42. The molecule has 0 spiro atoms. The van der Waals surface area contributed by atoms with Crippen LogP contribution in [-0.2, 0) is 13.1 Å². The molecule has 1 amide bonds. The molecule has 0 saturated carbocycles. The maximum atomic E-state index is 13.5. The van der Waals surface area contributed by atoms with Gasteiger partial charge >= 0.3 is 0 Å². The summed E-state index contributed by atoms with van der Waals surface area (Å²) < 4.78 is 9.31. The van der Waals surface area contributed by atoms with Crippen LogP contribution >= 0.6 is 0 Å². The molecule has 0 aliphatic rings. The second-order valence-corrected chi connectivity index (χ2v) is 7.25. The highest BCUT2D eigenvalue weighted by atomic mass is 16.5. The highest BCUT2D eigenvalue weighted by Gasteiger charge is 2.20. The van der Waals surface area contributed by atoms with Gasteiger partial charge in [-0.15, -0.1) is 0 Å². The van der Waals surface area contributed by atoms with Crippen LogP contribution in [0.3, 0.4) is 0 Å². The number of hydrogen-bond donors (Lipinski definition) is 0. The molecule has 7 heteroatoms. The number of fused-ring (bicyclic) bond motifs is 2. The van der Waals surface area contributed by atoms with Gasteiger partial charge in [0.15, 0.2) is 0 Å². The van der Waals surface area contributed by atoms with Gasteiger partial charge in [-0.3, -0.25) is 4.79 Å². The summed E-state index contributed by atoms with van der Waals surface area (Å²) in [6.45, 7) is 0.808. The lowest BCUT2D eigenvalue weighted by Gasteiger charge is -2.23. The summed E-state index contributed by atoms with van der Waals surface area (Å²) in [7, 11) is 1.60. The Hall–Kier alpha value is -4.13. The summed E-state index contributed by atoms with van der Waals surface area (Å²) in [4.78, 5) is 24.3. The highest BCUT2D eigenvalue weighted by molar-refractivity contribution is 5.94. The molecule has 0 bridgehead atoms. The Kier molecular flexibility index (Phi) is 4.84. The summed E-state index contributed by atoms with van der Waals surface area (Å²) >= 11 is 0. The van der Waals surface area contributed by atoms with Crippen molar-refractivity contribution in [3.63, 3.8) is 0 Å². The topological polar surface area (TPSA) is 64.1 Å². The van der Waals surface area contributed by atoms with Crippen molar-refractivity contribution in [1.82, 2.24) is 23.7 Å². The number of rotatable bonds is 6. The molecule has 0 aliphatic heterocycles. The number of nitrogens with zero attached hydrogens (tertiary/aromatic N) is 5.